The smallest absolute Gasteiger partial charge is 0.307 e. The molecule has 2 bridgehead atoms. The van der Waals surface area contributed by atoms with Crippen LogP contribution in [0.1, 0.15) is 114 Å². The van der Waals surface area contributed by atoms with Gasteiger partial charge in [0.25, 0.3) is 0 Å². The third-order valence-corrected chi connectivity index (χ3v) is 15.8. The Balaban J connectivity index is 1.52. The van der Waals surface area contributed by atoms with Crippen molar-refractivity contribution in [2.24, 2.45) is 68.3 Å². The van der Waals surface area contributed by atoms with E-state index in [0.717, 1.165) is 38.5 Å². The highest BCUT2D eigenvalue weighted by Crippen LogP contribution is 2.75. The summed E-state index contributed by atoms with van der Waals surface area (Å²) >= 11 is 0. The Morgan fingerprint density at radius 2 is 1.83 bits per heavy atom. The minimum absolute atomic E-state index is 0.0971. The van der Waals surface area contributed by atoms with Crippen LogP contribution in [0.4, 0.5) is 5.95 Å². The van der Waals surface area contributed by atoms with Crippen LogP contribution in [-0.4, -0.2) is 57.3 Å². The van der Waals surface area contributed by atoms with Crippen LogP contribution in [0.3, 0.4) is 0 Å². The molecular formula is C38H63N5O4. The number of ether oxygens (including phenoxy) is 2. The van der Waals surface area contributed by atoms with Crippen LogP contribution >= 0.6 is 0 Å². The quantitative estimate of drug-likeness (QED) is 0.262. The number of nitrogens with two attached hydrogens (primary N) is 2. The molecule has 6 rings (SSSR count). The Morgan fingerprint density at radius 1 is 1.13 bits per heavy atom. The first-order valence-electron chi connectivity index (χ1n) is 18.4. The summed E-state index contributed by atoms with van der Waals surface area (Å²) in [5.41, 5.74) is 12.9. The number of carboxylic acid groups (broad SMARTS) is 1. The van der Waals surface area contributed by atoms with Crippen molar-refractivity contribution in [3.8, 4) is 0 Å². The maximum absolute atomic E-state index is 13.5. The van der Waals surface area contributed by atoms with Crippen LogP contribution < -0.4 is 11.5 Å². The number of anilines is 1. The Morgan fingerprint density at radius 3 is 2.43 bits per heavy atom. The fraction of sp³-hybridized carbons (Fsp3) is 0.868. The van der Waals surface area contributed by atoms with E-state index in [1.807, 2.05) is 4.68 Å². The second kappa shape index (κ2) is 11.3. The molecule has 0 spiro atoms. The first-order chi connectivity index (χ1) is 21.8. The summed E-state index contributed by atoms with van der Waals surface area (Å²) in [5, 5.41) is 15.8. The molecule has 47 heavy (non-hydrogen) atoms. The van der Waals surface area contributed by atoms with Crippen LogP contribution in [0.5, 0.6) is 0 Å². The molecule has 0 amide bonds. The number of nitrogen functional groups attached to an aromatic ring is 1. The van der Waals surface area contributed by atoms with Gasteiger partial charge in [-0.2, -0.15) is 5.10 Å². The predicted molar refractivity (Wildman–Crippen MR) is 184 cm³/mol. The fourth-order valence-electron chi connectivity index (χ4n) is 12.0. The van der Waals surface area contributed by atoms with Crippen LogP contribution in [0.25, 0.3) is 0 Å². The Hall–Kier alpha value is -1.97. The average molecular weight is 654 g/mol. The number of nitrogens with zero attached hydrogens (tertiary/aromatic N) is 3. The van der Waals surface area contributed by atoms with Gasteiger partial charge in [-0.1, -0.05) is 74.0 Å². The second-order valence-electron chi connectivity index (χ2n) is 18.6. The summed E-state index contributed by atoms with van der Waals surface area (Å²) in [4.78, 5) is 17.8. The first-order valence-corrected chi connectivity index (χ1v) is 18.4. The Labute approximate surface area is 283 Å². The highest BCUT2D eigenvalue weighted by molar-refractivity contribution is 5.73. The van der Waals surface area contributed by atoms with Crippen molar-refractivity contribution in [2.45, 2.75) is 125 Å². The fourth-order valence-corrected chi connectivity index (χ4v) is 12.0. The number of hydrogen-bond acceptors (Lipinski definition) is 7. The summed E-state index contributed by atoms with van der Waals surface area (Å²) in [6.07, 6.45) is 9.39. The maximum Gasteiger partial charge on any atom is 0.307 e. The predicted octanol–water partition coefficient (Wildman–Crippen LogP) is 6.75. The van der Waals surface area contributed by atoms with Gasteiger partial charge in [0.2, 0.25) is 5.95 Å². The topological polar surface area (TPSA) is 139 Å². The third kappa shape index (κ3) is 4.75. The molecule has 1 saturated heterocycles. The molecule has 264 valence electrons. The number of aliphatic carboxylic acids is 1. The van der Waals surface area contributed by atoms with E-state index < -0.39 is 22.8 Å². The zero-order valence-electron chi connectivity index (χ0n) is 30.8. The van der Waals surface area contributed by atoms with Gasteiger partial charge in [0, 0.05) is 11.0 Å². The van der Waals surface area contributed by atoms with Gasteiger partial charge in [0.1, 0.15) is 6.33 Å². The van der Waals surface area contributed by atoms with Crippen molar-refractivity contribution >= 4 is 11.9 Å². The number of carbonyl (C=O) groups is 1. The normalized spacial score (nSPS) is 45.0. The molecule has 3 saturated carbocycles. The Kier molecular flexibility index (Phi) is 8.37. The lowest BCUT2D eigenvalue weighted by molar-refractivity contribution is -0.254. The SMILES string of the molecule is CC(C)[C@@H](C)[C@@]1(C)CC[C@]2(C)[C@H]3CC[C@@H]4[C@@]5(C)COC[C@@]4(C3=CC[C@@]2(C)[C@@H]1C(=O)O)[C@@H](OC[C@](C)(N)C(C)C)[C@H](n1ncnc1N)C5. The number of aromatic nitrogens is 3. The number of rotatable bonds is 8. The maximum atomic E-state index is 13.5. The molecule has 1 aliphatic heterocycles. The van der Waals surface area contributed by atoms with E-state index in [2.05, 4.69) is 85.4 Å². The van der Waals surface area contributed by atoms with Crippen LogP contribution in [0, 0.1) is 62.6 Å². The van der Waals surface area contributed by atoms with Gasteiger partial charge in [-0.25, -0.2) is 9.67 Å². The molecule has 5 aliphatic rings. The van der Waals surface area contributed by atoms with E-state index in [0.29, 0.717) is 43.5 Å². The monoisotopic (exact) mass is 653 g/mol. The molecule has 0 unspecified atom stereocenters. The van der Waals surface area contributed by atoms with Crippen molar-refractivity contribution < 1.29 is 19.4 Å². The van der Waals surface area contributed by atoms with E-state index in [9.17, 15) is 9.90 Å². The standard InChI is InChI=1S/C38H63N5O4/c1-22(2)24(5)34(7)15-16-35(8)25-11-12-28-33(6)17-27(43-32(39)41-21-42-43)30(47-19-37(10,40)23(3)4)38(28,20-46-18-33)26(25)13-14-36(35,9)29(34)31(44)45/h13,21-25,27-30H,11-12,14-20,40H2,1-10H3,(H,44,45)(H2,39,41,42)/t24-,25+,27-,28-,29-,30+,33-,34-,35-,36+,37+,38+/m1/s1. The molecule has 1 aromatic heterocycles. The van der Waals surface area contributed by atoms with Gasteiger partial charge in [0.05, 0.1) is 37.9 Å². The largest absolute Gasteiger partial charge is 0.481 e. The summed E-state index contributed by atoms with van der Waals surface area (Å²) in [6, 6.07) is -0.125. The van der Waals surface area contributed by atoms with Gasteiger partial charge >= 0.3 is 5.97 Å². The lowest BCUT2D eigenvalue weighted by atomic mass is 9.34. The van der Waals surface area contributed by atoms with E-state index in [1.165, 1.54) is 5.57 Å². The van der Waals surface area contributed by atoms with Crippen LogP contribution in [-0.2, 0) is 14.3 Å². The zero-order chi connectivity index (χ0) is 34.5. The molecule has 9 heteroatoms. The van der Waals surface area contributed by atoms with E-state index in [-0.39, 0.29) is 45.6 Å². The molecule has 0 radical (unpaired) electrons. The molecule has 5 N–H and O–H groups in total. The van der Waals surface area contributed by atoms with Crippen LogP contribution in [0.2, 0.25) is 0 Å². The highest BCUT2D eigenvalue weighted by atomic mass is 16.5. The van der Waals surface area contributed by atoms with Crippen molar-refractivity contribution in [1.82, 2.24) is 14.8 Å². The molecule has 0 aromatic carbocycles. The van der Waals surface area contributed by atoms with E-state index in [1.54, 1.807) is 6.33 Å². The summed E-state index contributed by atoms with van der Waals surface area (Å²) in [7, 11) is 0. The average Bonchev–Trinajstić information content (AvgIpc) is 3.41. The molecule has 1 aromatic rings. The number of allylic oxidation sites excluding steroid dienone is 1. The molecular weight excluding hydrogens is 590 g/mol. The van der Waals surface area contributed by atoms with Gasteiger partial charge in [0.15, 0.2) is 0 Å². The highest BCUT2D eigenvalue weighted by Gasteiger charge is 2.72. The number of hydrogen-bond donors (Lipinski definition) is 3. The van der Waals surface area contributed by atoms with Gasteiger partial charge in [-0.3, -0.25) is 4.79 Å². The first kappa shape index (κ1) is 34.9. The van der Waals surface area contributed by atoms with Gasteiger partial charge in [-0.05, 0) is 96.7 Å². The van der Waals surface area contributed by atoms with E-state index in [4.69, 9.17) is 20.9 Å². The van der Waals surface area contributed by atoms with Crippen molar-refractivity contribution in [3.63, 3.8) is 0 Å². The van der Waals surface area contributed by atoms with Crippen molar-refractivity contribution in [1.29, 1.82) is 0 Å². The van der Waals surface area contributed by atoms with Crippen molar-refractivity contribution in [3.05, 3.63) is 18.0 Å². The second-order valence-corrected chi connectivity index (χ2v) is 18.6. The molecule has 9 nitrogen and oxygen atoms in total. The molecule has 4 fully saturated rings. The number of fused-ring (bicyclic) bond motifs is 3. The minimum atomic E-state index is -0.637. The summed E-state index contributed by atoms with van der Waals surface area (Å²) in [5.74, 6) is 0.867. The van der Waals surface area contributed by atoms with Crippen molar-refractivity contribution in [2.75, 3.05) is 25.6 Å². The Bertz CT molecular complexity index is 1410. The molecule has 12 atom stereocenters. The molecule has 4 aliphatic carbocycles. The van der Waals surface area contributed by atoms with Gasteiger partial charge in [-0.15, -0.1) is 0 Å². The lowest BCUT2D eigenvalue weighted by Crippen LogP contribution is -2.70. The van der Waals surface area contributed by atoms with Gasteiger partial charge < -0.3 is 26.0 Å². The number of carboxylic acids is 1. The zero-order valence-corrected chi connectivity index (χ0v) is 30.8. The van der Waals surface area contributed by atoms with E-state index >= 15 is 0 Å². The summed E-state index contributed by atoms with van der Waals surface area (Å²) in [6.45, 7) is 24.2. The summed E-state index contributed by atoms with van der Waals surface area (Å²) < 4.78 is 15.8. The third-order valence-electron chi connectivity index (χ3n) is 15.8. The molecule has 2 heterocycles. The lowest BCUT2D eigenvalue weighted by Gasteiger charge is -2.71. The minimum Gasteiger partial charge on any atom is -0.481 e. The van der Waals surface area contributed by atoms with Crippen LogP contribution in [0.15, 0.2) is 18.0 Å².